The molecular formula is C11H17N3O4S2. The normalized spacial score (nSPS) is 18.2. The van der Waals surface area contributed by atoms with Crippen LogP contribution in [0.5, 0.6) is 0 Å². The van der Waals surface area contributed by atoms with Gasteiger partial charge < -0.3 is 5.11 Å². The Labute approximate surface area is 121 Å². The lowest BCUT2D eigenvalue weighted by Crippen LogP contribution is -2.40. The zero-order valence-electron chi connectivity index (χ0n) is 11.1. The van der Waals surface area contributed by atoms with Gasteiger partial charge in [0.25, 0.3) is 10.0 Å². The van der Waals surface area contributed by atoms with Crippen molar-refractivity contribution in [3.8, 4) is 0 Å². The summed E-state index contributed by atoms with van der Waals surface area (Å²) in [6.07, 6.45) is 2.27. The van der Waals surface area contributed by atoms with Crippen molar-refractivity contribution in [1.29, 1.82) is 0 Å². The SMILES string of the molecule is CC(CNS(=O)(=O)c1scnc1C(=O)O)N1CCCC1. The lowest BCUT2D eigenvalue weighted by molar-refractivity contribution is 0.0687. The number of nitrogens with one attached hydrogen (secondary N) is 1. The maximum absolute atomic E-state index is 12.1. The third-order valence-corrected chi connectivity index (χ3v) is 6.11. The van der Waals surface area contributed by atoms with Crippen LogP contribution in [0.15, 0.2) is 9.72 Å². The molecule has 0 aliphatic carbocycles. The first kappa shape index (κ1) is 15.4. The fourth-order valence-corrected chi connectivity index (χ4v) is 4.48. The number of nitrogens with zero attached hydrogens (tertiary/aromatic N) is 2. The molecule has 2 N–H and O–H groups in total. The predicted octanol–water partition coefficient (Wildman–Crippen LogP) is 0.604. The van der Waals surface area contributed by atoms with Crippen molar-refractivity contribution in [2.24, 2.45) is 0 Å². The molecule has 1 unspecified atom stereocenters. The van der Waals surface area contributed by atoms with Gasteiger partial charge in [-0.2, -0.15) is 0 Å². The van der Waals surface area contributed by atoms with Gasteiger partial charge in [-0.25, -0.2) is 22.9 Å². The minimum atomic E-state index is -3.82. The first-order chi connectivity index (χ1) is 9.42. The van der Waals surface area contributed by atoms with Crippen LogP contribution in [0.3, 0.4) is 0 Å². The highest BCUT2D eigenvalue weighted by Gasteiger charge is 2.27. The number of carbonyl (C=O) groups is 1. The van der Waals surface area contributed by atoms with Gasteiger partial charge in [-0.15, -0.1) is 11.3 Å². The number of carboxylic acids is 1. The van der Waals surface area contributed by atoms with Crippen molar-refractivity contribution in [1.82, 2.24) is 14.6 Å². The molecule has 1 aromatic rings. The second-order valence-corrected chi connectivity index (χ2v) is 7.55. The van der Waals surface area contributed by atoms with Gasteiger partial charge in [0.2, 0.25) is 0 Å². The maximum atomic E-state index is 12.1. The summed E-state index contributed by atoms with van der Waals surface area (Å²) in [5.41, 5.74) is 0.804. The molecule has 1 aliphatic rings. The van der Waals surface area contributed by atoms with E-state index in [1.54, 1.807) is 0 Å². The average molecular weight is 319 g/mol. The monoisotopic (exact) mass is 319 g/mol. The van der Waals surface area contributed by atoms with Crippen molar-refractivity contribution in [2.45, 2.75) is 30.0 Å². The van der Waals surface area contributed by atoms with Gasteiger partial charge in [-0.3, -0.25) is 4.90 Å². The summed E-state index contributed by atoms with van der Waals surface area (Å²) >= 11 is 0.813. The highest BCUT2D eigenvalue weighted by molar-refractivity contribution is 7.91. The largest absolute Gasteiger partial charge is 0.476 e. The second kappa shape index (κ2) is 6.17. The van der Waals surface area contributed by atoms with Gasteiger partial charge in [-0.1, -0.05) is 0 Å². The van der Waals surface area contributed by atoms with E-state index in [4.69, 9.17) is 5.11 Å². The topological polar surface area (TPSA) is 99.6 Å². The van der Waals surface area contributed by atoms with Crippen molar-refractivity contribution >= 4 is 27.3 Å². The van der Waals surface area contributed by atoms with Crippen molar-refractivity contribution < 1.29 is 18.3 Å². The van der Waals surface area contributed by atoms with Crippen LogP contribution in [-0.2, 0) is 10.0 Å². The van der Waals surface area contributed by atoms with E-state index in [0.29, 0.717) is 0 Å². The second-order valence-electron chi connectivity index (χ2n) is 4.74. The lowest BCUT2D eigenvalue weighted by Gasteiger charge is -2.23. The number of likely N-dealkylation sites (tertiary alicyclic amines) is 1. The maximum Gasteiger partial charge on any atom is 0.356 e. The predicted molar refractivity (Wildman–Crippen MR) is 74.5 cm³/mol. The van der Waals surface area contributed by atoms with Gasteiger partial charge in [0.15, 0.2) is 9.90 Å². The first-order valence-electron chi connectivity index (χ1n) is 6.32. The highest BCUT2D eigenvalue weighted by Crippen LogP contribution is 2.20. The van der Waals surface area contributed by atoms with E-state index in [1.165, 1.54) is 5.51 Å². The molecule has 0 aromatic carbocycles. The molecular weight excluding hydrogens is 302 g/mol. The van der Waals surface area contributed by atoms with E-state index in [0.717, 1.165) is 37.3 Å². The molecule has 0 saturated carbocycles. The number of thiazole rings is 1. The Morgan fingerprint density at radius 2 is 2.20 bits per heavy atom. The summed E-state index contributed by atoms with van der Waals surface area (Å²) in [6, 6.07) is 0.0912. The molecule has 0 radical (unpaired) electrons. The zero-order chi connectivity index (χ0) is 14.8. The Morgan fingerprint density at radius 1 is 1.55 bits per heavy atom. The van der Waals surface area contributed by atoms with E-state index >= 15 is 0 Å². The fraction of sp³-hybridized carbons (Fsp3) is 0.636. The Morgan fingerprint density at radius 3 is 2.80 bits per heavy atom. The molecule has 0 spiro atoms. The lowest BCUT2D eigenvalue weighted by atomic mass is 10.3. The van der Waals surface area contributed by atoms with Crippen molar-refractivity contribution in [3.63, 3.8) is 0 Å². The van der Waals surface area contributed by atoms with E-state index in [-0.39, 0.29) is 16.8 Å². The molecule has 1 saturated heterocycles. The molecule has 0 amide bonds. The summed E-state index contributed by atoms with van der Waals surface area (Å²) in [5, 5.41) is 8.91. The van der Waals surface area contributed by atoms with Crippen molar-refractivity contribution in [2.75, 3.05) is 19.6 Å². The highest BCUT2D eigenvalue weighted by atomic mass is 32.2. The van der Waals surface area contributed by atoms with Crippen molar-refractivity contribution in [3.05, 3.63) is 11.2 Å². The Hall–Kier alpha value is -1.03. The molecule has 7 nitrogen and oxygen atoms in total. The number of rotatable bonds is 6. The van der Waals surface area contributed by atoms with Crippen LogP contribution in [0, 0.1) is 0 Å². The third-order valence-electron chi connectivity index (χ3n) is 3.31. The number of aromatic carboxylic acids is 1. The first-order valence-corrected chi connectivity index (χ1v) is 8.68. The van der Waals surface area contributed by atoms with Crippen LogP contribution < -0.4 is 4.72 Å². The number of carboxylic acid groups (broad SMARTS) is 1. The Kier molecular flexibility index (Phi) is 4.74. The van der Waals surface area contributed by atoms with Gasteiger partial charge >= 0.3 is 5.97 Å². The van der Waals surface area contributed by atoms with E-state index in [9.17, 15) is 13.2 Å². The summed E-state index contributed by atoms with van der Waals surface area (Å²) in [6.45, 7) is 4.17. The smallest absolute Gasteiger partial charge is 0.356 e. The summed E-state index contributed by atoms with van der Waals surface area (Å²) in [7, 11) is -3.82. The molecule has 112 valence electrons. The summed E-state index contributed by atoms with van der Waals surface area (Å²) in [5.74, 6) is -1.33. The van der Waals surface area contributed by atoms with Crippen LogP contribution in [-0.4, -0.2) is 55.1 Å². The molecule has 1 atom stereocenters. The molecule has 20 heavy (non-hydrogen) atoms. The summed E-state index contributed by atoms with van der Waals surface area (Å²) < 4.78 is 26.5. The average Bonchev–Trinajstić information content (AvgIpc) is 3.06. The van der Waals surface area contributed by atoms with E-state index in [2.05, 4.69) is 14.6 Å². The molecule has 2 heterocycles. The van der Waals surface area contributed by atoms with Crippen LogP contribution >= 0.6 is 11.3 Å². The zero-order valence-corrected chi connectivity index (χ0v) is 12.7. The van der Waals surface area contributed by atoms with Crippen LogP contribution in [0.2, 0.25) is 0 Å². The van der Waals surface area contributed by atoms with Crippen LogP contribution in [0.25, 0.3) is 0 Å². The standard InChI is InChI=1S/C11H17N3O4S2/c1-8(14-4-2-3-5-14)6-13-20(17,18)11-9(10(15)16)12-7-19-11/h7-8,13H,2-6H2,1H3,(H,15,16). The molecule has 0 bridgehead atoms. The van der Waals surface area contributed by atoms with Gasteiger partial charge in [0, 0.05) is 12.6 Å². The molecule has 9 heteroatoms. The molecule has 2 rings (SSSR count). The number of hydrogen-bond donors (Lipinski definition) is 2. The van der Waals surface area contributed by atoms with Gasteiger partial charge in [0.1, 0.15) is 0 Å². The van der Waals surface area contributed by atoms with Gasteiger partial charge in [0.05, 0.1) is 5.51 Å². The van der Waals surface area contributed by atoms with Gasteiger partial charge in [-0.05, 0) is 32.9 Å². The molecule has 1 fully saturated rings. The fourth-order valence-electron chi connectivity index (χ4n) is 2.18. The third kappa shape index (κ3) is 3.35. The molecule has 1 aliphatic heterocycles. The number of hydrogen-bond acceptors (Lipinski definition) is 6. The number of aromatic nitrogens is 1. The number of sulfonamides is 1. The minimum Gasteiger partial charge on any atom is -0.476 e. The Bertz CT molecular complexity index is 578. The Balaban J connectivity index is 2.03. The van der Waals surface area contributed by atoms with Crippen LogP contribution in [0.4, 0.5) is 0 Å². The quantitative estimate of drug-likeness (QED) is 0.797. The molecule has 1 aromatic heterocycles. The van der Waals surface area contributed by atoms with E-state index < -0.39 is 21.7 Å². The minimum absolute atomic E-state index is 0.0912. The summed E-state index contributed by atoms with van der Waals surface area (Å²) in [4.78, 5) is 16.7. The van der Waals surface area contributed by atoms with Crippen LogP contribution in [0.1, 0.15) is 30.3 Å². The van der Waals surface area contributed by atoms with E-state index in [1.807, 2.05) is 6.92 Å².